The molecule has 1 heterocycles. The summed E-state index contributed by atoms with van der Waals surface area (Å²) in [6, 6.07) is 0. The first-order valence-electron chi connectivity index (χ1n) is 4.73. The monoisotopic (exact) mass is 266 g/mol. The summed E-state index contributed by atoms with van der Waals surface area (Å²) in [4.78, 5) is 23.7. The Bertz CT molecular complexity index is 322. The van der Waals surface area contributed by atoms with Crippen LogP contribution in [0.25, 0.3) is 0 Å². The van der Waals surface area contributed by atoms with Crippen molar-refractivity contribution < 1.29 is 9.59 Å². The van der Waals surface area contributed by atoms with Gasteiger partial charge in [0, 0.05) is 0 Å². The summed E-state index contributed by atoms with van der Waals surface area (Å²) in [6.45, 7) is 7.24. The van der Waals surface area contributed by atoms with Crippen molar-refractivity contribution in [1.29, 1.82) is 0 Å². The van der Waals surface area contributed by atoms with Gasteiger partial charge in [-0.25, -0.2) is 0 Å². The van der Waals surface area contributed by atoms with Gasteiger partial charge in [0.15, 0.2) is 5.11 Å². The summed E-state index contributed by atoms with van der Waals surface area (Å²) in [6.07, 6.45) is 1.89. The fourth-order valence-corrected chi connectivity index (χ4v) is 1.92. The Hall–Kier alpha value is 0.0297. The molecule has 0 aromatic heterocycles. The number of carbonyl (C=O) groups is 2. The maximum Gasteiger partial charge on any atom is 2.00 e. The smallest absolute Gasteiger partial charge is 0.302 e. The minimum Gasteiger partial charge on any atom is -0.302 e. The molecule has 0 saturated carbocycles. The number of amides is 2. The Morgan fingerprint density at radius 1 is 1.38 bits per heavy atom. The van der Waals surface area contributed by atoms with Crippen LogP contribution in [0.2, 0.25) is 0 Å². The number of thiocarbonyl (C=S) groups is 1. The van der Waals surface area contributed by atoms with Crippen molar-refractivity contribution in [3.05, 3.63) is 12.7 Å². The van der Waals surface area contributed by atoms with Crippen LogP contribution in [0.1, 0.15) is 20.3 Å². The van der Waals surface area contributed by atoms with E-state index in [0.717, 1.165) is 0 Å². The number of rotatable bonds is 3. The predicted molar refractivity (Wildman–Crippen MR) is 66.7 cm³/mol. The van der Waals surface area contributed by atoms with E-state index in [0.29, 0.717) is 6.42 Å². The van der Waals surface area contributed by atoms with Gasteiger partial charge in [-0.2, -0.15) is 0 Å². The third-order valence-electron chi connectivity index (χ3n) is 2.72. The van der Waals surface area contributed by atoms with E-state index in [4.69, 9.17) is 12.2 Å². The molecule has 0 aromatic rings. The van der Waals surface area contributed by atoms with Gasteiger partial charge >= 0.3 is 37.7 Å². The average molecular weight is 266 g/mol. The van der Waals surface area contributed by atoms with Crippen molar-refractivity contribution in [1.82, 2.24) is 10.6 Å². The Kier molecular flexibility index (Phi) is 6.11. The summed E-state index contributed by atoms with van der Waals surface area (Å²) in [5, 5.41) is 5.03. The largest absolute Gasteiger partial charge is 2.00 e. The standard InChI is InChI=1S/C10H14N2O2S.Ca/c1-4-5-10(6(2)3)7(13)11-9(15)12-8(10)14;/h4,6H,1,5H2,2-3H3,(H2,11,12,13,14,15);/q;+2. The van der Waals surface area contributed by atoms with Crippen molar-refractivity contribution in [2.75, 3.05) is 0 Å². The normalized spacial score (nSPS) is 18.6. The Labute approximate surface area is 130 Å². The first-order chi connectivity index (χ1) is 6.95. The van der Waals surface area contributed by atoms with Gasteiger partial charge in [0.1, 0.15) is 5.41 Å². The molecule has 16 heavy (non-hydrogen) atoms. The molecule has 1 fully saturated rings. The van der Waals surface area contributed by atoms with Crippen molar-refractivity contribution in [3.8, 4) is 0 Å². The molecule has 0 bridgehead atoms. The SMILES string of the molecule is C=CCC1(C(C)C)C(=O)NC(=S)NC1=O.[Ca+2]. The van der Waals surface area contributed by atoms with Crippen LogP contribution in [0.3, 0.4) is 0 Å². The molecule has 4 nitrogen and oxygen atoms in total. The second-order valence-corrected chi connectivity index (χ2v) is 4.26. The number of hydrogen-bond donors (Lipinski definition) is 2. The second kappa shape index (κ2) is 6.10. The van der Waals surface area contributed by atoms with Crippen LogP contribution in [0.5, 0.6) is 0 Å². The Balaban J connectivity index is 0.00000225. The molecule has 1 aliphatic heterocycles. The van der Waals surface area contributed by atoms with Crippen molar-refractivity contribution >= 4 is 66.9 Å². The van der Waals surface area contributed by atoms with Crippen LogP contribution >= 0.6 is 12.2 Å². The van der Waals surface area contributed by atoms with Crippen molar-refractivity contribution in [2.45, 2.75) is 20.3 Å². The molecule has 82 valence electrons. The van der Waals surface area contributed by atoms with Gasteiger partial charge in [-0.1, -0.05) is 19.9 Å². The summed E-state index contributed by atoms with van der Waals surface area (Å²) in [5.74, 6) is -0.795. The number of hydrogen-bond acceptors (Lipinski definition) is 3. The molecule has 0 aromatic carbocycles. The van der Waals surface area contributed by atoms with E-state index in [1.54, 1.807) is 6.08 Å². The third kappa shape index (κ3) is 2.64. The van der Waals surface area contributed by atoms with Crippen LogP contribution in [0.4, 0.5) is 0 Å². The van der Waals surface area contributed by atoms with Crippen LogP contribution in [0, 0.1) is 11.3 Å². The van der Waals surface area contributed by atoms with Gasteiger partial charge in [0.2, 0.25) is 11.8 Å². The van der Waals surface area contributed by atoms with E-state index < -0.39 is 5.41 Å². The zero-order valence-corrected chi connectivity index (χ0v) is 12.5. The fraction of sp³-hybridized carbons (Fsp3) is 0.500. The summed E-state index contributed by atoms with van der Waals surface area (Å²) in [7, 11) is 0. The molecular formula is C10H14CaN2O2S+2. The second-order valence-electron chi connectivity index (χ2n) is 3.86. The van der Waals surface area contributed by atoms with E-state index in [1.807, 2.05) is 13.8 Å². The van der Waals surface area contributed by atoms with Crippen LogP contribution in [0.15, 0.2) is 12.7 Å². The van der Waals surface area contributed by atoms with E-state index in [2.05, 4.69) is 17.2 Å². The van der Waals surface area contributed by atoms with E-state index in [9.17, 15) is 9.59 Å². The molecule has 1 rings (SSSR count). The first-order valence-corrected chi connectivity index (χ1v) is 5.13. The molecule has 0 unspecified atom stereocenters. The Morgan fingerprint density at radius 2 is 1.81 bits per heavy atom. The molecule has 0 radical (unpaired) electrons. The van der Waals surface area contributed by atoms with Crippen molar-refractivity contribution in [3.63, 3.8) is 0 Å². The molecule has 0 atom stereocenters. The Morgan fingerprint density at radius 3 is 2.12 bits per heavy atom. The number of carbonyl (C=O) groups excluding carboxylic acids is 2. The third-order valence-corrected chi connectivity index (χ3v) is 2.92. The van der Waals surface area contributed by atoms with E-state index >= 15 is 0 Å². The maximum atomic E-state index is 11.9. The number of allylic oxidation sites excluding steroid dienone is 1. The van der Waals surface area contributed by atoms with Crippen LogP contribution < -0.4 is 10.6 Å². The van der Waals surface area contributed by atoms with E-state index in [1.165, 1.54) is 0 Å². The molecule has 0 spiro atoms. The zero-order chi connectivity index (χ0) is 11.6. The molecular weight excluding hydrogens is 252 g/mol. The summed E-state index contributed by atoms with van der Waals surface area (Å²) < 4.78 is 0. The van der Waals surface area contributed by atoms with Gasteiger partial charge in [-0.05, 0) is 24.6 Å². The fourth-order valence-electron chi connectivity index (χ4n) is 1.74. The zero-order valence-electron chi connectivity index (χ0n) is 9.50. The summed E-state index contributed by atoms with van der Waals surface area (Å²) >= 11 is 4.74. The molecule has 6 heteroatoms. The van der Waals surface area contributed by atoms with Crippen LogP contribution in [-0.2, 0) is 9.59 Å². The molecule has 1 aliphatic rings. The first kappa shape index (κ1) is 16.0. The molecule has 0 aliphatic carbocycles. The van der Waals surface area contributed by atoms with Gasteiger partial charge in [0.25, 0.3) is 0 Å². The van der Waals surface area contributed by atoms with Gasteiger partial charge in [-0.15, -0.1) is 6.58 Å². The molecule has 2 N–H and O–H groups in total. The summed E-state index contributed by atoms with van der Waals surface area (Å²) in [5.41, 5.74) is -1.08. The van der Waals surface area contributed by atoms with E-state index in [-0.39, 0.29) is 60.6 Å². The molecule has 2 amide bonds. The number of nitrogens with one attached hydrogen (secondary N) is 2. The topological polar surface area (TPSA) is 58.2 Å². The average Bonchev–Trinajstić information content (AvgIpc) is 2.10. The quantitative estimate of drug-likeness (QED) is 0.335. The maximum absolute atomic E-state index is 11.9. The van der Waals surface area contributed by atoms with Gasteiger partial charge < -0.3 is 10.6 Å². The van der Waals surface area contributed by atoms with Gasteiger partial charge in [-0.3, -0.25) is 9.59 Å². The minimum atomic E-state index is -1.08. The van der Waals surface area contributed by atoms with Gasteiger partial charge in [0.05, 0.1) is 0 Å². The predicted octanol–water partition coefficient (Wildman–Crippen LogP) is 0.355. The molecule has 1 saturated heterocycles. The van der Waals surface area contributed by atoms with Crippen LogP contribution in [-0.4, -0.2) is 54.7 Å². The minimum absolute atomic E-state index is 0. The van der Waals surface area contributed by atoms with Crippen molar-refractivity contribution in [2.24, 2.45) is 11.3 Å².